The topological polar surface area (TPSA) is 112 Å². The summed E-state index contributed by atoms with van der Waals surface area (Å²) >= 11 is 0. The molecule has 0 spiro atoms. The molecule has 2 aromatic carbocycles. The van der Waals surface area contributed by atoms with Gasteiger partial charge in [-0.25, -0.2) is 0 Å². The number of carbonyl (C=O) groups excluding carboxylic acids is 1. The zero-order chi connectivity index (χ0) is 19.5. The highest BCUT2D eigenvalue weighted by atomic mass is 16.1. The lowest BCUT2D eigenvalue weighted by Crippen LogP contribution is -2.11. The van der Waals surface area contributed by atoms with E-state index in [-0.39, 0.29) is 5.91 Å². The third kappa shape index (κ3) is 3.90. The molecule has 2 heterocycles. The van der Waals surface area contributed by atoms with Gasteiger partial charge >= 0.3 is 0 Å². The normalized spacial score (nSPS) is 11.2. The summed E-state index contributed by atoms with van der Waals surface area (Å²) < 4.78 is 0. The van der Waals surface area contributed by atoms with Crippen molar-refractivity contribution in [2.75, 3.05) is 5.32 Å². The molecule has 2 aromatic heterocycles. The fourth-order valence-corrected chi connectivity index (χ4v) is 3.12. The molecule has 4 rings (SSSR count). The van der Waals surface area contributed by atoms with Crippen molar-refractivity contribution in [1.29, 1.82) is 0 Å². The number of carbonyl (C=O) groups is 1. The molecule has 1 amide bonds. The standard InChI is InChI=1S/C20H21N7O/c1-12(2)9-18-16-11-14(5-8-17(16)22-23-18)20(28)21-15-6-3-13(4-7-15)10-19-24-26-27-25-19/h3-8,11-12H,9-10H2,1-2H3,(H,21,28)(H,22,23)(H,24,25,26,27). The first-order chi connectivity index (χ1) is 13.6. The molecule has 8 nitrogen and oxygen atoms in total. The lowest BCUT2D eigenvalue weighted by Gasteiger charge is -2.07. The number of nitrogens with one attached hydrogen (secondary N) is 3. The third-order valence-corrected chi connectivity index (χ3v) is 4.47. The predicted octanol–water partition coefficient (Wildman–Crippen LogP) is 3.12. The average molecular weight is 375 g/mol. The van der Waals surface area contributed by atoms with Gasteiger partial charge in [-0.15, -0.1) is 10.2 Å². The van der Waals surface area contributed by atoms with Crippen LogP contribution in [0.25, 0.3) is 10.9 Å². The Kier molecular flexibility index (Phi) is 4.84. The van der Waals surface area contributed by atoms with Gasteiger partial charge in [0.25, 0.3) is 5.91 Å². The SMILES string of the molecule is CC(C)Cc1[nH]nc2ccc(C(=O)Nc3ccc(Cc4nn[nH]n4)cc3)cc12. The summed E-state index contributed by atoms with van der Waals surface area (Å²) in [4.78, 5) is 12.7. The van der Waals surface area contributed by atoms with Crippen LogP contribution >= 0.6 is 0 Å². The van der Waals surface area contributed by atoms with Gasteiger partial charge in [-0.3, -0.25) is 9.89 Å². The van der Waals surface area contributed by atoms with E-state index in [4.69, 9.17) is 0 Å². The molecule has 0 radical (unpaired) electrons. The maximum Gasteiger partial charge on any atom is 0.255 e. The summed E-state index contributed by atoms with van der Waals surface area (Å²) in [6, 6.07) is 13.2. The Labute approximate surface area is 161 Å². The van der Waals surface area contributed by atoms with Crippen LogP contribution in [0.5, 0.6) is 0 Å². The number of amides is 1. The number of benzene rings is 2. The van der Waals surface area contributed by atoms with Gasteiger partial charge in [-0.05, 0) is 48.2 Å². The average Bonchev–Trinajstić information content (AvgIpc) is 3.33. The molecule has 3 N–H and O–H groups in total. The second-order valence-electron chi connectivity index (χ2n) is 7.19. The van der Waals surface area contributed by atoms with Crippen LogP contribution in [0.3, 0.4) is 0 Å². The monoisotopic (exact) mass is 375 g/mol. The van der Waals surface area contributed by atoms with E-state index in [1.165, 1.54) is 0 Å². The van der Waals surface area contributed by atoms with Crippen LogP contribution in [0.4, 0.5) is 5.69 Å². The first kappa shape index (κ1) is 17.8. The van der Waals surface area contributed by atoms with E-state index in [0.29, 0.717) is 23.7 Å². The van der Waals surface area contributed by atoms with E-state index in [0.717, 1.165) is 34.3 Å². The quantitative estimate of drug-likeness (QED) is 0.479. The Morgan fingerprint density at radius 1 is 1.11 bits per heavy atom. The van der Waals surface area contributed by atoms with E-state index < -0.39 is 0 Å². The molecule has 4 aromatic rings. The number of aromatic nitrogens is 6. The molecule has 28 heavy (non-hydrogen) atoms. The largest absolute Gasteiger partial charge is 0.322 e. The highest BCUT2D eigenvalue weighted by Crippen LogP contribution is 2.21. The summed E-state index contributed by atoms with van der Waals surface area (Å²) in [5.74, 6) is 0.985. The predicted molar refractivity (Wildman–Crippen MR) is 106 cm³/mol. The molecular weight excluding hydrogens is 354 g/mol. The number of fused-ring (bicyclic) bond motifs is 1. The number of H-pyrrole nitrogens is 2. The Bertz CT molecular complexity index is 1080. The van der Waals surface area contributed by atoms with Crippen molar-refractivity contribution in [2.45, 2.75) is 26.7 Å². The van der Waals surface area contributed by atoms with Crippen molar-refractivity contribution in [3.63, 3.8) is 0 Å². The molecule has 8 heteroatoms. The van der Waals surface area contributed by atoms with Crippen LogP contribution in [-0.2, 0) is 12.8 Å². The summed E-state index contributed by atoms with van der Waals surface area (Å²) in [5, 5.41) is 25.2. The number of tetrazole rings is 1. The minimum Gasteiger partial charge on any atom is -0.322 e. The van der Waals surface area contributed by atoms with Crippen LogP contribution < -0.4 is 5.32 Å². The summed E-state index contributed by atoms with van der Waals surface area (Å²) in [7, 11) is 0. The number of aromatic amines is 2. The van der Waals surface area contributed by atoms with E-state index in [9.17, 15) is 4.79 Å². The zero-order valence-corrected chi connectivity index (χ0v) is 15.7. The lowest BCUT2D eigenvalue weighted by molar-refractivity contribution is 0.102. The van der Waals surface area contributed by atoms with Gasteiger partial charge in [0.2, 0.25) is 0 Å². The van der Waals surface area contributed by atoms with Crippen LogP contribution in [-0.4, -0.2) is 36.7 Å². The van der Waals surface area contributed by atoms with Crippen LogP contribution in [0.1, 0.15) is 41.3 Å². The maximum atomic E-state index is 12.7. The fraction of sp³-hybridized carbons (Fsp3) is 0.250. The zero-order valence-electron chi connectivity index (χ0n) is 15.7. The van der Waals surface area contributed by atoms with Crippen LogP contribution in [0.15, 0.2) is 42.5 Å². The number of hydrogen-bond acceptors (Lipinski definition) is 5. The molecule has 0 saturated carbocycles. The van der Waals surface area contributed by atoms with Crippen molar-refractivity contribution in [3.05, 3.63) is 65.1 Å². The molecule has 0 unspecified atom stereocenters. The van der Waals surface area contributed by atoms with E-state index in [1.807, 2.05) is 36.4 Å². The highest BCUT2D eigenvalue weighted by molar-refractivity contribution is 6.06. The molecule has 0 atom stereocenters. The third-order valence-electron chi connectivity index (χ3n) is 4.47. The Morgan fingerprint density at radius 2 is 1.93 bits per heavy atom. The lowest BCUT2D eigenvalue weighted by atomic mass is 10.0. The van der Waals surface area contributed by atoms with Gasteiger partial charge in [0.1, 0.15) is 0 Å². The number of rotatable bonds is 6. The van der Waals surface area contributed by atoms with E-state index >= 15 is 0 Å². The van der Waals surface area contributed by atoms with Crippen molar-refractivity contribution in [3.8, 4) is 0 Å². The summed E-state index contributed by atoms with van der Waals surface area (Å²) in [6.45, 7) is 4.32. The Balaban J connectivity index is 1.48. The Morgan fingerprint density at radius 3 is 2.64 bits per heavy atom. The van der Waals surface area contributed by atoms with Gasteiger partial charge in [-0.1, -0.05) is 31.2 Å². The van der Waals surface area contributed by atoms with Gasteiger partial charge in [0.05, 0.1) is 5.52 Å². The van der Waals surface area contributed by atoms with Crippen molar-refractivity contribution in [2.24, 2.45) is 5.92 Å². The molecule has 142 valence electrons. The van der Waals surface area contributed by atoms with E-state index in [2.05, 4.69) is 50.0 Å². The molecule has 0 aliphatic carbocycles. The summed E-state index contributed by atoms with van der Waals surface area (Å²) in [6.07, 6.45) is 1.48. The minimum atomic E-state index is -0.149. The Hall–Kier alpha value is -3.55. The second-order valence-corrected chi connectivity index (χ2v) is 7.19. The number of nitrogens with zero attached hydrogens (tertiary/aromatic N) is 4. The second kappa shape index (κ2) is 7.59. The molecule has 0 saturated heterocycles. The minimum absolute atomic E-state index is 0.149. The van der Waals surface area contributed by atoms with Gasteiger partial charge < -0.3 is 5.32 Å². The molecular formula is C20H21N7O. The number of hydrogen-bond donors (Lipinski definition) is 3. The van der Waals surface area contributed by atoms with Gasteiger partial charge in [0.15, 0.2) is 5.82 Å². The van der Waals surface area contributed by atoms with Crippen LogP contribution in [0, 0.1) is 5.92 Å². The number of anilines is 1. The molecule has 0 aliphatic rings. The highest BCUT2D eigenvalue weighted by Gasteiger charge is 2.12. The maximum absolute atomic E-state index is 12.7. The molecule has 0 aliphatic heterocycles. The van der Waals surface area contributed by atoms with Crippen molar-refractivity contribution >= 4 is 22.5 Å². The smallest absolute Gasteiger partial charge is 0.255 e. The fourth-order valence-electron chi connectivity index (χ4n) is 3.12. The van der Waals surface area contributed by atoms with E-state index in [1.54, 1.807) is 6.07 Å². The first-order valence-electron chi connectivity index (χ1n) is 9.18. The van der Waals surface area contributed by atoms with Crippen molar-refractivity contribution < 1.29 is 4.79 Å². The summed E-state index contributed by atoms with van der Waals surface area (Å²) in [5.41, 5.74) is 4.31. The van der Waals surface area contributed by atoms with Gasteiger partial charge in [0, 0.05) is 28.8 Å². The van der Waals surface area contributed by atoms with Gasteiger partial charge in [-0.2, -0.15) is 10.3 Å². The molecule has 0 bridgehead atoms. The van der Waals surface area contributed by atoms with Crippen LogP contribution in [0.2, 0.25) is 0 Å². The van der Waals surface area contributed by atoms with Crippen molar-refractivity contribution in [1.82, 2.24) is 30.8 Å². The molecule has 0 fully saturated rings. The first-order valence-corrected chi connectivity index (χ1v) is 9.18.